The number of hydrogen-bond donors (Lipinski definition) is 1. The van der Waals surface area contributed by atoms with Crippen LogP contribution in [0.25, 0.3) is 0 Å². The topological polar surface area (TPSA) is 26.0 Å². The molecule has 1 nitrogen and oxygen atoms in total. The Labute approximate surface area is 91.7 Å². The Morgan fingerprint density at radius 1 is 1.38 bits per heavy atom. The van der Waals surface area contributed by atoms with E-state index in [0.717, 1.165) is 11.3 Å². The van der Waals surface area contributed by atoms with E-state index in [1.54, 1.807) is 6.07 Å². The minimum absolute atomic E-state index is 0. The maximum absolute atomic E-state index is 12.0. The number of thiophene rings is 1. The third-order valence-corrected chi connectivity index (χ3v) is 2.96. The molecule has 0 aromatic carbocycles. The Balaban J connectivity index is 0.00000144. The smallest absolute Gasteiger partial charge is 0.316 e. The predicted molar refractivity (Wildman–Crippen MR) is 52.3 cm³/mol. The molecule has 13 heavy (non-hydrogen) atoms. The lowest BCUT2D eigenvalue weighted by atomic mass is 10.2. The summed E-state index contributed by atoms with van der Waals surface area (Å²) in [4.78, 5) is 0.120. The molecule has 0 unspecified atom stereocenters. The lowest BCUT2D eigenvalue weighted by Gasteiger charge is -2.12. The van der Waals surface area contributed by atoms with Gasteiger partial charge in [0.15, 0.2) is 0 Å². The van der Waals surface area contributed by atoms with E-state index in [4.69, 9.17) is 5.73 Å². The van der Waals surface area contributed by atoms with Crippen LogP contribution in [0.2, 0.25) is 0 Å². The Morgan fingerprint density at radius 2 is 1.92 bits per heavy atom. The molecule has 0 spiro atoms. The summed E-state index contributed by atoms with van der Waals surface area (Å²) in [6, 6.07) is 1.05. The van der Waals surface area contributed by atoms with Gasteiger partial charge in [-0.3, -0.25) is 0 Å². The van der Waals surface area contributed by atoms with E-state index in [-0.39, 0.29) is 17.3 Å². The molecule has 1 aromatic heterocycles. The quantitative estimate of drug-likeness (QED) is 0.843. The summed E-state index contributed by atoms with van der Waals surface area (Å²) < 4.78 is 36.7. The Morgan fingerprint density at radius 3 is 2.23 bits per heavy atom. The molecule has 0 saturated carbocycles. The van der Waals surface area contributed by atoms with E-state index in [0.29, 0.717) is 3.79 Å². The molecule has 0 aliphatic rings. The van der Waals surface area contributed by atoms with Crippen molar-refractivity contribution in [2.75, 3.05) is 0 Å². The highest BCUT2D eigenvalue weighted by atomic mass is 79.9. The molecule has 0 fully saturated rings. The third-order valence-electron chi connectivity index (χ3n) is 1.25. The van der Waals surface area contributed by atoms with Gasteiger partial charge in [-0.05, 0) is 28.1 Å². The second-order valence-electron chi connectivity index (χ2n) is 2.16. The fraction of sp³-hybridized carbons (Fsp3) is 0.333. The molecule has 1 rings (SSSR count). The molecule has 76 valence electrons. The van der Waals surface area contributed by atoms with Crippen LogP contribution in [-0.4, -0.2) is 6.18 Å². The maximum Gasteiger partial charge on any atom is 0.408 e. The van der Waals surface area contributed by atoms with Gasteiger partial charge in [0.05, 0.1) is 3.79 Å². The summed E-state index contributed by atoms with van der Waals surface area (Å²) >= 11 is 4.06. The van der Waals surface area contributed by atoms with E-state index in [1.807, 2.05) is 0 Å². The van der Waals surface area contributed by atoms with Gasteiger partial charge in [0, 0.05) is 4.88 Å². The molecule has 0 saturated heterocycles. The Bertz CT molecular complexity index is 275. The van der Waals surface area contributed by atoms with E-state index < -0.39 is 12.2 Å². The number of rotatable bonds is 1. The van der Waals surface area contributed by atoms with Crippen molar-refractivity contribution >= 4 is 39.7 Å². The molecule has 1 heterocycles. The van der Waals surface area contributed by atoms with Gasteiger partial charge in [0.1, 0.15) is 6.04 Å². The summed E-state index contributed by atoms with van der Waals surface area (Å²) in [5.41, 5.74) is 4.95. The van der Waals surface area contributed by atoms with Crippen molar-refractivity contribution in [1.29, 1.82) is 0 Å². The van der Waals surface area contributed by atoms with E-state index in [9.17, 15) is 13.2 Å². The zero-order valence-electron chi connectivity index (χ0n) is 6.14. The Hall–Kier alpha value is 0.220. The van der Waals surface area contributed by atoms with Crippen LogP contribution in [0.5, 0.6) is 0 Å². The molecular weight excluding hydrogens is 290 g/mol. The van der Waals surface area contributed by atoms with Crippen molar-refractivity contribution in [3.8, 4) is 0 Å². The lowest BCUT2D eigenvalue weighted by molar-refractivity contribution is -0.148. The molecular formula is C6H6BrClF3NS. The monoisotopic (exact) mass is 295 g/mol. The predicted octanol–water partition coefficient (Wildman–Crippen LogP) is 3.49. The molecule has 0 radical (unpaired) electrons. The summed E-state index contributed by atoms with van der Waals surface area (Å²) in [7, 11) is 0. The second-order valence-corrected chi connectivity index (χ2v) is 4.66. The first-order chi connectivity index (χ1) is 5.41. The van der Waals surface area contributed by atoms with Gasteiger partial charge in [-0.15, -0.1) is 23.7 Å². The first-order valence-corrected chi connectivity index (χ1v) is 4.60. The molecule has 1 aromatic rings. The molecule has 0 bridgehead atoms. The van der Waals surface area contributed by atoms with E-state index in [1.165, 1.54) is 6.07 Å². The van der Waals surface area contributed by atoms with Crippen LogP contribution in [0.4, 0.5) is 13.2 Å². The Kier molecular flexibility index (Phi) is 4.71. The van der Waals surface area contributed by atoms with Crippen LogP contribution >= 0.6 is 39.7 Å². The average Bonchev–Trinajstić information content (AvgIpc) is 2.32. The van der Waals surface area contributed by atoms with Gasteiger partial charge < -0.3 is 5.73 Å². The lowest BCUT2D eigenvalue weighted by Crippen LogP contribution is -2.27. The van der Waals surface area contributed by atoms with Gasteiger partial charge in [-0.2, -0.15) is 13.2 Å². The number of alkyl halides is 3. The fourth-order valence-corrected chi connectivity index (χ4v) is 2.11. The summed E-state index contributed by atoms with van der Waals surface area (Å²) in [5, 5.41) is 0. The van der Waals surface area contributed by atoms with Crippen molar-refractivity contribution in [3.05, 3.63) is 20.8 Å². The number of nitrogens with two attached hydrogens (primary N) is 1. The molecule has 0 aliphatic heterocycles. The van der Waals surface area contributed by atoms with Crippen molar-refractivity contribution in [2.45, 2.75) is 12.2 Å². The van der Waals surface area contributed by atoms with Crippen molar-refractivity contribution < 1.29 is 13.2 Å². The minimum Gasteiger partial charge on any atom is -0.316 e. The van der Waals surface area contributed by atoms with E-state index in [2.05, 4.69) is 15.9 Å². The molecule has 0 aliphatic carbocycles. The van der Waals surface area contributed by atoms with Gasteiger partial charge in [0.2, 0.25) is 0 Å². The maximum atomic E-state index is 12.0. The summed E-state index contributed by atoms with van der Waals surface area (Å²) in [6.07, 6.45) is -4.36. The van der Waals surface area contributed by atoms with Crippen LogP contribution in [0, 0.1) is 0 Å². The van der Waals surface area contributed by atoms with E-state index >= 15 is 0 Å². The largest absolute Gasteiger partial charge is 0.408 e. The SMILES string of the molecule is Cl.N[C@@H](c1ccc(Br)s1)C(F)(F)F. The molecule has 2 N–H and O–H groups in total. The van der Waals surface area contributed by atoms with Gasteiger partial charge in [0.25, 0.3) is 0 Å². The molecule has 0 amide bonds. The van der Waals surface area contributed by atoms with Crippen LogP contribution in [0.3, 0.4) is 0 Å². The van der Waals surface area contributed by atoms with Crippen LogP contribution in [-0.2, 0) is 0 Å². The van der Waals surface area contributed by atoms with Crippen LogP contribution < -0.4 is 5.73 Å². The average molecular weight is 297 g/mol. The van der Waals surface area contributed by atoms with Crippen LogP contribution in [0.15, 0.2) is 15.9 Å². The highest BCUT2D eigenvalue weighted by Crippen LogP contribution is 2.35. The van der Waals surface area contributed by atoms with Crippen molar-refractivity contribution in [3.63, 3.8) is 0 Å². The zero-order valence-corrected chi connectivity index (χ0v) is 9.36. The first kappa shape index (κ1) is 13.2. The standard InChI is InChI=1S/C6H5BrF3NS.ClH/c7-4-2-1-3(12-4)5(11)6(8,9)10;/h1-2,5H,11H2;1H/t5-;/m0./s1. The third kappa shape index (κ3) is 3.46. The van der Waals surface area contributed by atoms with Gasteiger partial charge in [-0.1, -0.05) is 0 Å². The fourth-order valence-electron chi connectivity index (χ4n) is 0.657. The first-order valence-electron chi connectivity index (χ1n) is 2.99. The second kappa shape index (κ2) is 4.63. The number of halogens is 5. The van der Waals surface area contributed by atoms with Crippen molar-refractivity contribution in [2.24, 2.45) is 5.73 Å². The van der Waals surface area contributed by atoms with Gasteiger partial charge in [-0.25, -0.2) is 0 Å². The van der Waals surface area contributed by atoms with Crippen molar-refractivity contribution in [1.82, 2.24) is 0 Å². The summed E-state index contributed by atoms with van der Waals surface area (Å²) in [5.74, 6) is 0. The molecule has 7 heteroatoms. The summed E-state index contributed by atoms with van der Waals surface area (Å²) in [6.45, 7) is 0. The number of hydrogen-bond acceptors (Lipinski definition) is 2. The zero-order chi connectivity index (χ0) is 9.35. The normalized spacial score (nSPS) is 13.6. The van der Waals surface area contributed by atoms with Gasteiger partial charge >= 0.3 is 6.18 Å². The van der Waals surface area contributed by atoms with Crippen LogP contribution in [0.1, 0.15) is 10.9 Å². The minimum atomic E-state index is -4.36. The highest BCUT2D eigenvalue weighted by molar-refractivity contribution is 9.11. The highest BCUT2D eigenvalue weighted by Gasteiger charge is 2.38. The molecule has 1 atom stereocenters.